The average molecular weight is 237 g/mol. The number of morpholine rings is 1. The predicted octanol–water partition coefficient (Wildman–Crippen LogP) is -0.745. The van der Waals surface area contributed by atoms with Crippen LogP contribution in [0.5, 0.6) is 0 Å². The van der Waals surface area contributed by atoms with Crippen molar-refractivity contribution in [1.29, 1.82) is 0 Å². The standard InChI is InChI=1S/C9H16N2O3.ClH/c12-9(7-14-8-5-10-6-8)11-1-3-13-4-2-11;/h8,10H,1-7H2;1H. The summed E-state index contributed by atoms with van der Waals surface area (Å²) in [4.78, 5) is 13.4. The topological polar surface area (TPSA) is 50.8 Å². The second kappa shape index (κ2) is 6.27. The van der Waals surface area contributed by atoms with Crippen molar-refractivity contribution in [3.05, 3.63) is 0 Å². The lowest BCUT2D eigenvalue weighted by Gasteiger charge is -2.30. The van der Waals surface area contributed by atoms with Crippen molar-refractivity contribution in [1.82, 2.24) is 10.2 Å². The Bertz CT molecular complexity index is 206. The molecule has 0 aromatic carbocycles. The van der Waals surface area contributed by atoms with Crippen LogP contribution in [0.2, 0.25) is 0 Å². The average Bonchev–Trinajstić information content (AvgIpc) is 2.16. The third-order valence-corrected chi connectivity index (χ3v) is 2.55. The maximum atomic E-state index is 11.6. The van der Waals surface area contributed by atoms with E-state index >= 15 is 0 Å². The Hall–Kier alpha value is -0.360. The Kier molecular flexibility index (Phi) is 5.31. The van der Waals surface area contributed by atoms with Crippen LogP contribution in [0.1, 0.15) is 0 Å². The number of carbonyl (C=O) groups excluding carboxylic acids is 1. The number of ether oxygens (including phenoxy) is 2. The van der Waals surface area contributed by atoms with Gasteiger partial charge in [-0.1, -0.05) is 0 Å². The van der Waals surface area contributed by atoms with E-state index in [4.69, 9.17) is 9.47 Å². The van der Waals surface area contributed by atoms with Gasteiger partial charge in [0, 0.05) is 26.2 Å². The fourth-order valence-electron chi connectivity index (χ4n) is 1.47. The summed E-state index contributed by atoms with van der Waals surface area (Å²) in [7, 11) is 0. The van der Waals surface area contributed by atoms with Crippen LogP contribution in [0.15, 0.2) is 0 Å². The molecule has 2 heterocycles. The summed E-state index contributed by atoms with van der Waals surface area (Å²) in [5.74, 6) is 0.0835. The van der Waals surface area contributed by atoms with Gasteiger partial charge < -0.3 is 19.7 Å². The van der Waals surface area contributed by atoms with Crippen molar-refractivity contribution in [2.45, 2.75) is 6.10 Å². The van der Waals surface area contributed by atoms with Crippen LogP contribution in [-0.2, 0) is 14.3 Å². The van der Waals surface area contributed by atoms with Gasteiger partial charge in [-0.25, -0.2) is 0 Å². The molecule has 0 saturated carbocycles. The molecule has 0 aromatic rings. The molecule has 2 aliphatic heterocycles. The molecule has 0 unspecified atom stereocenters. The summed E-state index contributed by atoms with van der Waals surface area (Å²) in [6, 6.07) is 0. The Morgan fingerprint density at radius 2 is 2.07 bits per heavy atom. The van der Waals surface area contributed by atoms with Crippen LogP contribution >= 0.6 is 12.4 Å². The molecular formula is C9H17ClN2O3. The minimum absolute atomic E-state index is 0. The number of hydrogen-bond donors (Lipinski definition) is 1. The van der Waals surface area contributed by atoms with E-state index in [1.807, 2.05) is 0 Å². The maximum absolute atomic E-state index is 11.6. The number of nitrogens with zero attached hydrogens (tertiary/aromatic N) is 1. The largest absolute Gasteiger partial charge is 0.378 e. The van der Waals surface area contributed by atoms with Gasteiger partial charge in [0.15, 0.2) is 0 Å². The van der Waals surface area contributed by atoms with E-state index in [1.165, 1.54) is 0 Å². The van der Waals surface area contributed by atoms with Crippen molar-refractivity contribution in [2.24, 2.45) is 0 Å². The molecule has 2 fully saturated rings. The van der Waals surface area contributed by atoms with Crippen LogP contribution < -0.4 is 5.32 Å². The highest BCUT2D eigenvalue weighted by Gasteiger charge is 2.21. The lowest BCUT2D eigenvalue weighted by Crippen LogP contribution is -2.50. The van der Waals surface area contributed by atoms with Crippen LogP contribution in [0, 0.1) is 0 Å². The molecule has 0 spiro atoms. The predicted molar refractivity (Wildman–Crippen MR) is 57.3 cm³/mol. The Morgan fingerprint density at radius 3 is 2.60 bits per heavy atom. The molecule has 15 heavy (non-hydrogen) atoms. The van der Waals surface area contributed by atoms with E-state index in [0.717, 1.165) is 13.1 Å². The minimum atomic E-state index is 0. The van der Waals surface area contributed by atoms with Gasteiger partial charge in [0.25, 0.3) is 0 Å². The van der Waals surface area contributed by atoms with Crippen molar-refractivity contribution in [3.63, 3.8) is 0 Å². The van der Waals surface area contributed by atoms with Gasteiger partial charge >= 0.3 is 0 Å². The molecule has 1 amide bonds. The van der Waals surface area contributed by atoms with E-state index in [-0.39, 0.29) is 31.0 Å². The van der Waals surface area contributed by atoms with Crippen LogP contribution in [0.3, 0.4) is 0 Å². The fraction of sp³-hybridized carbons (Fsp3) is 0.889. The summed E-state index contributed by atoms with van der Waals surface area (Å²) in [6.45, 7) is 4.66. The Labute approximate surface area is 95.5 Å². The quantitative estimate of drug-likeness (QED) is 0.701. The van der Waals surface area contributed by atoms with Crippen molar-refractivity contribution < 1.29 is 14.3 Å². The van der Waals surface area contributed by atoms with Gasteiger partial charge in [0.2, 0.25) is 5.91 Å². The first-order chi connectivity index (χ1) is 6.86. The zero-order valence-electron chi connectivity index (χ0n) is 8.61. The van der Waals surface area contributed by atoms with E-state index in [0.29, 0.717) is 26.3 Å². The number of halogens is 1. The summed E-state index contributed by atoms with van der Waals surface area (Å²) in [5, 5.41) is 3.09. The lowest BCUT2D eigenvalue weighted by molar-refractivity contribution is -0.143. The molecule has 2 rings (SSSR count). The van der Waals surface area contributed by atoms with Crippen LogP contribution in [-0.4, -0.2) is 62.9 Å². The van der Waals surface area contributed by atoms with E-state index in [9.17, 15) is 4.79 Å². The third kappa shape index (κ3) is 3.61. The Balaban J connectivity index is 0.00000112. The number of amides is 1. The molecule has 0 radical (unpaired) electrons. The summed E-state index contributed by atoms with van der Waals surface area (Å²) >= 11 is 0. The third-order valence-electron chi connectivity index (χ3n) is 2.55. The van der Waals surface area contributed by atoms with Crippen LogP contribution in [0.25, 0.3) is 0 Å². The van der Waals surface area contributed by atoms with Gasteiger partial charge in [0.05, 0.1) is 19.3 Å². The SMILES string of the molecule is Cl.O=C(COC1CNC1)N1CCOCC1. The second-order valence-electron chi connectivity index (χ2n) is 3.58. The molecule has 88 valence electrons. The van der Waals surface area contributed by atoms with Crippen LogP contribution in [0.4, 0.5) is 0 Å². The summed E-state index contributed by atoms with van der Waals surface area (Å²) < 4.78 is 10.6. The number of nitrogens with one attached hydrogen (secondary N) is 1. The normalized spacial score (nSPS) is 21.7. The first-order valence-electron chi connectivity index (χ1n) is 5.04. The number of carbonyl (C=O) groups is 1. The van der Waals surface area contributed by atoms with Gasteiger partial charge in [-0.05, 0) is 0 Å². The van der Waals surface area contributed by atoms with Crippen molar-refractivity contribution in [2.75, 3.05) is 46.0 Å². The number of rotatable bonds is 3. The lowest BCUT2D eigenvalue weighted by atomic mass is 10.2. The highest BCUT2D eigenvalue weighted by Crippen LogP contribution is 2.01. The highest BCUT2D eigenvalue weighted by molar-refractivity contribution is 5.85. The molecular weight excluding hydrogens is 220 g/mol. The molecule has 0 aliphatic carbocycles. The van der Waals surface area contributed by atoms with E-state index in [1.54, 1.807) is 4.90 Å². The zero-order valence-corrected chi connectivity index (χ0v) is 9.42. The maximum Gasteiger partial charge on any atom is 0.248 e. The molecule has 6 heteroatoms. The molecule has 5 nitrogen and oxygen atoms in total. The molecule has 0 atom stereocenters. The molecule has 1 N–H and O–H groups in total. The van der Waals surface area contributed by atoms with E-state index < -0.39 is 0 Å². The summed E-state index contributed by atoms with van der Waals surface area (Å²) in [5.41, 5.74) is 0. The van der Waals surface area contributed by atoms with Gasteiger partial charge in [0.1, 0.15) is 6.61 Å². The van der Waals surface area contributed by atoms with Gasteiger partial charge in [-0.3, -0.25) is 4.79 Å². The zero-order chi connectivity index (χ0) is 9.80. The number of hydrogen-bond acceptors (Lipinski definition) is 4. The highest BCUT2D eigenvalue weighted by atomic mass is 35.5. The first-order valence-corrected chi connectivity index (χ1v) is 5.04. The van der Waals surface area contributed by atoms with Gasteiger partial charge in [-0.2, -0.15) is 0 Å². The smallest absolute Gasteiger partial charge is 0.248 e. The molecule has 2 saturated heterocycles. The second-order valence-corrected chi connectivity index (χ2v) is 3.58. The molecule has 2 aliphatic rings. The molecule has 0 aromatic heterocycles. The van der Waals surface area contributed by atoms with Crippen molar-refractivity contribution >= 4 is 18.3 Å². The fourth-order valence-corrected chi connectivity index (χ4v) is 1.47. The van der Waals surface area contributed by atoms with Crippen molar-refractivity contribution in [3.8, 4) is 0 Å². The van der Waals surface area contributed by atoms with E-state index in [2.05, 4.69) is 5.32 Å². The van der Waals surface area contributed by atoms with Gasteiger partial charge in [-0.15, -0.1) is 12.4 Å². The Morgan fingerprint density at radius 1 is 1.40 bits per heavy atom. The minimum Gasteiger partial charge on any atom is -0.378 e. The monoisotopic (exact) mass is 236 g/mol. The molecule has 0 bridgehead atoms. The first kappa shape index (κ1) is 12.7. The summed E-state index contributed by atoms with van der Waals surface area (Å²) in [6.07, 6.45) is 0.236.